The summed E-state index contributed by atoms with van der Waals surface area (Å²) in [6, 6.07) is 4.93. The van der Waals surface area contributed by atoms with Gasteiger partial charge in [0.1, 0.15) is 11.6 Å². The van der Waals surface area contributed by atoms with Crippen LogP contribution in [-0.2, 0) is 25.7 Å². The average molecular weight is 629 g/mol. The van der Waals surface area contributed by atoms with Crippen LogP contribution in [0.5, 0.6) is 0 Å². The molecule has 10 nitrogen and oxygen atoms in total. The van der Waals surface area contributed by atoms with E-state index < -0.39 is 17.6 Å². The highest BCUT2D eigenvalue weighted by Crippen LogP contribution is 2.60. The first kappa shape index (κ1) is 30.8. The molecule has 6 fully saturated rings. The maximum atomic E-state index is 13.9. The second-order valence-electron chi connectivity index (χ2n) is 15.6. The number of amides is 5. The van der Waals surface area contributed by atoms with Crippen molar-refractivity contribution in [1.82, 2.24) is 20.4 Å². The van der Waals surface area contributed by atoms with Crippen LogP contribution < -0.4 is 10.6 Å². The summed E-state index contributed by atoms with van der Waals surface area (Å²) in [6.45, 7) is 7.44. The van der Waals surface area contributed by atoms with Crippen LogP contribution in [0.15, 0.2) is 18.2 Å². The van der Waals surface area contributed by atoms with Gasteiger partial charge in [-0.1, -0.05) is 17.9 Å². The monoisotopic (exact) mass is 628 g/mol. The minimum absolute atomic E-state index is 0.152. The van der Waals surface area contributed by atoms with E-state index in [0.717, 1.165) is 82.0 Å². The molecule has 0 radical (unpaired) electrons. The van der Waals surface area contributed by atoms with Crippen molar-refractivity contribution in [3.8, 4) is 11.8 Å². The van der Waals surface area contributed by atoms with Crippen molar-refractivity contribution in [2.24, 2.45) is 16.7 Å². The molecule has 244 valence electrons. The number of alkyl carbamates (subject to hydrolysis) is 1. The van der Waals surface area contributed by atoms with E-state index in [1.165, 1.54) is 0 Å². The smallest absolute Gasteiger partial charge is 0.408 e. The summed E-state index contributed by atoms with van der Waals surface area (Å²) >= 11 is 0. The fourth-order valence-electron chi connectivity index (χ4n) is 8.68. The molecule has 7 aliphatic rings. The number of ether oxygens (including phenoxy) is 1. The second kappa shape index (κ2) is 10.9. The number of imide groups is 1. The molecule has 3 aliphatic heterocycles. The number of fused-ring (bicyclic) bond motifs is 4. The number of rotatable bonds is 3. The quantitative estimate of drug-likeness (QED) is 0.385. The molecule has 2 saturated heterocycles. The van der Waals surface area contributed by atoms with Crippen LogP contribution in [0.3, 0.4) is 0 Å². The van der Waals surface area contributed by atoms with Crippen LogP contribution in [0.4, 0.5) is 4.79 Å². The Labute approximate surface area is 270 Å². The van der Waals surface area contributed by atoms with Crippen molar-refractivity contribution in [1.29, 1.82) is 0 Å². The lowest BCUT2D eigenvalue weighted by Gasteiger charge is -2.54. The van der Waals surface area contributed by atoms with Gasteiger partial charge in [0.2, 0.25) is 17.7 Å². The Bertz CT molecular complexity index is 1550. The van der Waals surface area contributed by atoms with E-state index in [0.29, 0.717) is 24.4 Å². The van der Waals surface area contributed by atoms with E-state index >= 15 is 0 Å². The Morgan fingerprint density at radius 1 is 1.00 bits per heavy atom. The molecule has 1 spiro atoms. The summed E-state index contributed by atoms with van der Waals surface area (Å²) in [4.78, 5) is 67.3. The molecular weight excluding hydrogens is 584 g/mol. The van der Waals surface area contributed by atoms with Gasteiger partial charge < -0.3 is 19.9 Å². The van der Waals surface area contributed by atoms with E-state index in [9.17, 15) is 24.0 Å². The number of carbonyl (C=O) groups excluding carboxylic acids is 5. The number of likely N-dealkylation sites (tertiary alicyclic amines) is 1. The largest absolute Gasteiger partial charge is 0.444 e. The van der Waals surface area contributed by atoms with Crippen molar-refractivity contribution >= 4 is 29.7 Å². The van der Waals surface area contributed by atoms with Crippen molar-refractivity contribution in [2.75, 3.05) is 13.1 Å². The molecule has 46 heavy (non-hydrogen) atoms. The summed E-state index contributed by atoms with van der Waals surface area (Å²) in [6.07, 6.45) is 7.99. The first-order valence-electron chi connectivity index (χ1n) is 16.9. The lowest BCUT2D eigenvalue weighted by Crippen LogP contribution is -2.61. The number of carbonyl (C=O) groups is 5. The van der Waals surface area contributed by atoms with Crippen molar-refractivity contribution < 1.29 is 28.7 Å². The molecule has 10 heteroatoms. The van der Waals surface area contributed by atoms with Gasteiger partial charge >= 0.3 is 6.09 Å². The highest BCUT2D eigenvalue weighted by Gasteiger charge is 2.58. The van der Waals surface area contributed by atoms with Crippen LogP contribution in [0, 0.1) is 28.6 Å². The Kier molecular flexibility index (Phi) is 7.26. The van der Waals surface area contributed by atoms with E-state index in [2.05, 4.69) is 27.4 Å². The van der Waals surface area contributed by atoms with Crippen molar-refractivity contribution in [2.45, 2.75) is 115 Å². The maximum Gasteiger partial charge on any atom is 0.408 e. The fraction of sp³-hybridized carbons (Fsp3) is 0.639. The third-order valence-electron chi connectivity index (χ3n) is 11.7. The zero-order valence-electron chi connectivity index (χ0n) is 27.1. The first-order valence-corrected chi connectivity index (χ1v) is 16.9. The summed E-state index contributed by atoms with van der Waals surface area (Å²) < 4.78 is 5.51. The number of piperidine rings is 2. The van der Waals surface area contributed by atoms with Crippen LogP contribution in [0.2, 0.25) is 0 Å². The molecule has 0 aromatic heterocycles. The number of nitrogens with one attached hydrogen (secondary N) is 2. The molecular formula is C36H44N4O6. The minimum atomic E-state index is -0.642. The van der Waals surface area contributed by atoms with Gasteiger partial charge in [-0.3, -0.25) is 24.5 Å². The molecule has 4 aliphatic carbocycles. The highest BCUT2D eigenvalue weighted by atomic mass is 16.6. The normalized spacial score (nSPS) is 31.2. The fourth-order valence-corrected chi connectivity index (χ4v) is 8.68. The maximum absolute atomic E-state index is 13.9. The van der Waals surface area contributed by atoms with Crippen molar-refractivity contribution in [3.05, 3.63) is 34.9 Å². The lowest BCUT2D eigenvalue weighted by atomic mass is 9.56. The van der Waals surface area contributed by atoms with Gasteiger partial charge in [-0.15, -0.1) is 0 Å². The topological polar surface area (TPSA) is 125 Å². The molecule has 3 heterocycles. The van der Waals surface area contributed by atoms with Gasteiger partial charge in [0.15, 0.2) is 0 Å². The standard InChI is InChI=1S/C36H44N4O6/c1-33(2,3)46-32(45)38-36-14-11-34(12-15-36,13-16-36)31(44)39-19-17-35(18-20-39)21-24(35)8-7-23-5-4-6-25-26(23)22-40(30(25)43)27-9-10-28(41)37-29(27)42/h4-6,24,27H,9-22H2,1-3H3,(H,38,45)(H,37,41,42)/t24-,27?,34?,36?/m0/s1. The first-order chi connectivity index (χ1) is 21.8. The van der Waals surface area contributed by atoms with Gasteiger partial charge in [0, 0.05) is 54.1 Å². The van der Waals surface area contributed by atoms with Crippen molar-refractivity contribution in [3.63, 3.8) is 0 Å². The SMILES string of the molecule is CC(C)(C)OC(=O)NC12CCC(C(=O)N3CCC4(CC3)C[C@@H]4C#Cc3cccc4c3CN(C3CCC(=O)NC3=O)C4=O)(CC1)CC2. The number of hydrogen-bond acceptors (Lipinski definition) is 6. The summed E-state index contributed by atoms with van der Waals surface area (Å²) in [7, 11) is 0. The number of benzene rings is 1. The van der Waals surface area contributed by atoms with Crippen LogP contribution >= 0.6 is 0 Å². The molecule has 4 saturated carbocycles. The van der Waals surface area contributed by atoms with Crippen LogP contribution in [0.1, 0.15) is 113 Å². The van der Waals surface area contributed by atoms with Gasteiger partial charge in [0.05, 0.1) is 0 Å². The van der Waals surface area contributed by atoms with Crippen LogP contribution in [-0.4, -0.2) is 69.8 Å². The Morgan fingerprint density at radius 2 is 1.70 bits per heavy atom. The Balaban J connectivity index is 0.940. The van der Waals surface area contributed by atoms with Gasteiger partial charge in [-0.2, -0.15) is 0 Å². The van der Waals surface area contributed by atoms with Gasteiger partial charge in [0.25, 0.3) is 5.91 Å². The zero-order chi connectivity index (χ0) is 32.5. The molecule has 1 aromatic rings. The molecule has 2 atom stereocenters. The highest BCUT2D eigenvalue weighted by molar-refractivity contribution is 6.05. The summed E-state index contributed by atoms with van der Waals surface area (Å²) in [5.41, 5.74) is 1.30. The lowest BCUT2D eigenvalue weighted by molar-refractivity contribution is -0.151. The van der Waals surface area contributed by atoms with E-state index in [1.54, 1.807) is 11.0 Å². The third kappa shape index (κ3) is 5.46. The predicted octanol–water partition coefficient (Wildman–Crippen LogP) is 4.05. The second-order valence-corrected chi connectivity index (χ2v) is 15.6. The third-order valence-corrected chi connectivity index (χ3v) is 11.7. The molecule has 5 amide bonds. The molecule has 2 N–H and O–H groups in total. The molecule has 8 rings (SSSR count). The van der Waals surface area contributed by atoms with E-state index in [-0.39, 0.29) is 46.6 Å². The molecule has 1 unspecified atom stereocenters. The summed E-state index contributed by atoms with van der Waals surface area (Å²) in [5, 5.41) is 5.51. The number of nitrogens with zero attached hydrogens (tertiary/aromatic N) is 2. The molecule has 1 aromatic carbocycles. The Morgan fingerprint density at radius 3 is 2.35 bits per heavy atom. The summed E-state index contributed by atoms with van der Waals surface area (Å²) in [5.74, 6) is 6.54. The van der Waals surface area contributed by atoms with E-state index in [4.69, 9.17) is 4.74 Å². The van der Waals surface area contributed by atoms with E-state index in [1.807, 2.05) is 32.9 Å². The predicted molar refractivity (Wildman–Crippen MR) is 168 cm³/mol. The Hall–Kier alpha value is -3.87. The molecule has 2 bridgehead atoms. The average Bonchev–Trinajstić information content (AvgIpc) is 3.57. The van der Waals surface area contributed by atoms with Gasteiger partial charge in [-0.25, -0.2) is 4.79 Å². The zero-order valence-corrected chi connectivity index (χ0v) is 27.1. The number of hydrogen-bond donors (Lipinski definition) is 2. The van der Waals surface area contributed by atoms with Gasteiger partial charge in [-0.05, 0) is 108 Å². The minimum Gasteiger partial charge on any atom is -0.444 e. The van der Waals surface area contributed by atoms with Crippen LogP contribution in [0.25, 0.3) is 0 Å².